The summed E-state index contributed by atoms with van der Waals surface area (Å²) in [5.74, 6) is -0.736. The SMILES string of the molecule is C/C(CC(=O)CC(=O)c1ccccc1)=N/CC/N=C(\C)CC(=O)CC(=O)c1ccccc1. The highest BCUT2D eigenvalue weighted by Gasteiger charge is 2.13. The van der Waals surface area contributed by atoms with Gasteiger partial charge in [0.25, 0.3) is 0 Å². The van der Waals surface area contributed by atoms with Gasteiger partial charge in [0.2, 0.25) is 0 Å². The van der Waals surface area contributed by atoms with Crippen LogP contribution in [0.25, 0.3) is 0 Å². The van der Waals surface area contributed by atoms with Gasteiger partial charge in [0.1, 0.15) is 11.6 Å². The van der Waals surface area contributed by atoms with E-state index in [-0.39, 0.29) is 48.8 Å². The lowest BCUT2D eigenvalue weighted by Crippen LogP contribution is -2.12. The molecule has 2 rings (SSSR count). The molecule has 0 N–H and O–H groups in total. The second kappa shape index (κ2) is 13.0. The first kappa shape index (κ1) is 24.7. The van der Waals surface area contributed by atoms with E-state index in [1.807, 2.05) is 12.1 Å². The summed E-state index contributed by atoms with van der Waals surface area (Å²) in [4.78, 5) is 57.0. The molecule has 0 aliphatic rings. The molecule has 0 fully saturated rings. The Morgan fingerprint density at radius 3 is 1.25 bits per heavy atom. The second-order valence-corrected chi connectivity index (χ2v) is 7.60. The number of Topliss-reactive ketones (excluding diaryl/α,β-unsaturated/α-hetero) is 4. The van der Waals surface area contributed by atoms with E-state index in [1.165, 1.54) is 0 Å². The fourth-order valence-corrected chi connectivity index (χ4v) is 3.10. The minimum atomic E-state index is -0.195. The third kappa shape index (κ3) is 9.08. The first-order valence-electron chi connectivity index (χ1n) is 10.5. The summed E-state index contributed by atoms with van der Waals surface area (Å²) in [6, 6.07) is 17.5. The number of rotatable bonds is 13. The predicted octanol–water partition coefficient (Wildman–Crippen LogP) is 4.37. The van der Waals surface area contributed by atoms with Gasteiger partial charge in [-0.2, -0.15) is 0 Å². The van der Waals surface area contributed by atoms with Gasteiger partial charge in [0.05, 0.1) is 25.9 Å². The summed E-state index contributed by atoms with van der Waals surface area (Å²) in [5, 5.41) is 0. The van der Waals surface area contributed by atoms with Crippen LogP contribution in [0.2, 0.25) is 0 Å². The quantitative estimate of drug-likeness (QED) is 0.203. The van der Waals surface area contributed by atoms with Gasteiger partial charge in [-0.1, -0.05) is 60.7 Å². The van der Waals surface area contributed by atoms with Crippen molar-refractivity contribution in [3.63, 3.8) is 0 Å². The lowest BCUT2D eigenvalue weighted by molar-refractivity contribution is -0.118. The summed E-state index contributed by atoms with van der Waals surface area (Å²) in [6.45, 7) is 4.28. The van der Waals surface area contributed by atoms with Crippen molar-refractivity contribution in [1.82, 2.24) is 0 Å². The molecule has 166 valence electrons. The highest BCUT2D eigenvalue weighted by atomic mass is 16.2. The molecule has 6 heteroatoms. The third-order valence-electron chi connectivity index (χ3n) is 4.68. The van der Waals surface area contributed by atoms with Crippen LogP contribution in [-0.4, -0.2) is 47.6 Å². The van der Waals surface area contributed by atoms with Crippen LogP contribution >= 0.6 is 0 Å². The Hall–Kier alpha value is -3.54. The van der Waals surface area contributed by atoms with Crippen LogP contribution in [0, 0.1) is 0 Å². The van der Waals surface area contributed by atoms with Crippen LogP contribution in [0.1, 0.15) is 60.2 Å². The molecular weight excluding hydrogens is 404 g/mol. The molecule has 0 aliphatic carbocycles. The monoisotopic (exact) mass is 432 g/mol. The first-order chi connectivity index (χ1) is 15.3. The van der Waals surface area contributed by atoms with Crippen molar-refractivity contribution in [3.8, 4) is 0 Å². The van der Waals surface area contributed by atoms with Crippen LogP contribution in [-0.2, 0) is 9.59 Å². The number of carbonyl (C=O) groups excluding carboxylic acids is 4. The van der Waals surface area contributed by atoms with Crippen molar-refractivity contribution in [2.75, 3.05) is 13.1 Å². The van der Waals surface area contributed by atoms with Crippen molar-refractivity contribution in [2.24, 2.45) is 9.98 Å². The maximum Gasteiger partial charge on any atom is 0.170 e. The van der Waals surface area contributed by atoms with Gasteiger partial charge in [-0.05, 0) is 13.8 Å². The van der Waals surface area contributed by atoms with Gasteiger partial charge in [0.15, 0.2) is 11.6 Å². The van der Waals surface area contributed by atoms with E-state index in [0.29, 0.717) is 35.6 Å². The number of hydrogen-bond acceptors (Lipinski definition) is 6. The average molecular weight is 433 g/mol. The number of ketones is 4. The number of hydrogen-bond donors (Lipinski definition) is 0. The minimum Gasteiger partial charge on any atom is -0.299 e. The van der Waals surface area contributed by atoms with Crippen molar-refractivity contribution in [1.29, 1.82) is 0 Å². The van der Waals surface area contributed by atoms with Crippen molar-refractivity contribution in [2.45, 2.75) is 39.5 Å². The molecule has 0 saturated carbocycles. The Balaban J connectivity index is 1.70. The highest BCUT2D eigenvalue weighted by molar-refractivity contribution is 6.13. The van der Waals surface area contributed by atoms with Crippen LogP contribution in [0.5, 0.6) is 0 Å². The van der Waals surface area contributed by atoms with E-state index in [0.717, 1.165) is 0 Å². The molecule has 6 nitrogen and oxygen atoms in total. The molecule has 0 bridgehead atoms. The fraction of sp³-hybridized carbons (Fsp3) is 0.308. The zero-order chi connectivity index (χ0) is 23.3. The Morgan fingerprint density at radius 1 is 0.562 bits per heavy atom. The van der Waals surface area contributed by atoms with E-state index in [1.54, 1.807) is 62.4 Å². The molecule has 2 aromatic rings. The van der Waals surface area contributed by atoms with E-state index < -0.39 is 0 Å². The molecule has 2 aromatic carbocycles. The highest BCUT2D eigenvalue weighted by Crippen LogP contribution is 2.06. The molecule has 32 heavy (non-hydrogen) atoms. The summed E-state index contributed by atoms with van der Waals surface area (Å²) in [6.07, 6.45) is -0.0292. The van der Waals surface area contributed by atoms with Crippen LogP contribution in [0.15, 0.2) is 70.6 Å². The van der Waals surface area contributed by atoms with Crippen molar-refractivity contribution >= 4 is 34.6 Å². The Kier molecular flexibility index (Phi) is 10.0. The van der Waals surface area contributed by atoms with Gasteiger partial charge in [0, 0.05) is 35.4 Å². The molecule has 0 unspecified atom stereocenters. The molecule has 0 spiro atoms. The van der Waals surface area contributed by atoms with E-state index in [9.17, 15) is 19.2 Å². The Bertz CT molecular complexity index is 925. The maximum atomic E-state index is 12.1. The maximum absolute atomic E-state index is 12.1. The Labute approximate surface area is 188 Å². The number of benzene rings is 2. The van der Waals surface area contributed by atoms with E-state index >= 15 is 0 Å². The third-order valence-corrected chi connectivity index (χ3v) is 4.68. The smallest absolute Gasteiger partial charge is 0.170 e. The largest absolute Gasteiger partial charge is 0.299 e. The van der Waals surface area contributed by atoms with Crippen molar-refractivity contribution in [3.05, 3.63) is 71.8 Å². The molecule has 0 atom stereocenters. The zero-order valence-electron chi connectivity index (χ0n) is 18.5. The van der Waals surface area contributed by atoms with Crippen LogP contribution < -0.4 is 0 Å². The number of carbonyl (C=O) groups is 4. The van der Waals surface area contributed by atoms with Gasteiger partial charge in [-0.25, -0.2) is 0 Å². The lowest BCUT2D eigenvalue weighted by Gasteiger charge is -2.03. The van der Waals surface area contributed by atoms with Crippen LogP contribution in [0.4, 0.5) is 0 Å². The standard InChI is InChI=1S/C26H28N2O4/c1-19(15-23(29)17-25(31)21-9-5-3-6-10-21)27-13-14-28-20(2)16-24(30)18-26(32)22-11-7-4-8-12-22/h3-12H,13-18H2,1-2H3/b27-19-,28-20+. The van der Waals surface area contributed by atoms with E-state index in [2.05, 4.69) is 9.98 Å². The molecule has 0 heterocycles. The molecule has 0 radical (unpaired) electrons. The van der Waals surface area contributed by atoms with Gasteiger partial charge < -0.3 is 0 Å². The molecule has 0 aliphatic heterocycles. The van der Waals surface area contributed by atoms with Gasteiger partial charge >= 0.3 is 0 Å². The van der Waals surface area contributed by atoms with Gasteiger partial charge in [-0.3, -0.25) is 29.2 Å². The normalized spacial score (nSPS) is 11.8. The molecular formula is C26H28N2O4. The second-order valence-electron chi connectivity index (χ2n) is 7.60. The van der Waals surface area contributed by atoms with E-state index in [4.69, 9.17) is 0 Å². The topological polar surface area (TPSA) is 93.0 Å². The Morgan fingerprint density at radius 2 is 0.906 bits per heavy atom. The number of aliphatic imine (C=N–C) groups is 2. The number of nitrogens with zero attached hydrogens (tertiary/aromatic N) is 2. The zero-order valence-corrected chi connectivity index (χ0v) is 18.5. The lowest BCUT2D eigenvalue weighted by atomic mass is 10.0. The molecule has 0 saturated heterocycles. The average Bonchev–Trinajstić information content (AvgIpc) is 2.77. The van der Waals surface area contributed by atoms with Crippen molar-refractivity contribution < 1.29 is 19.2 Å². The van der Waals surface area contributed by atoms with Crippen LogP contribution in [0.3, 0.4) is 0 Å². The summed E-state index contributed by atoms with van der Waals surface area (Å²) >= 11 is 0. The molecule has 0 amide bonds. The van der Waals surface area contributed by atoms with Gasteiger partial charge in [-0.15, -0.1) is 0 Å². The summed E-state index contributed by atoms with van der Waals surface area (Å²) in [7, 11) is 0. The fourth-order valence-electron chi connectivity index (χ4n) is 3.10. The predicted molar refractivity (Wildman–Crippen MR) is 126 cm³/mol. The minimum absolute atomic E-state index is 0.126. The summed E-state index contributed by atoms with van der Waals surface area (Å²) < 4.78 is 0. The first-order valence-corrected chi connectivity index (χ1v) is 10.5. The summed E-state index contributed by atoms with van der Waals surface area (Å²) in [5.41, 5.74) is 2.35. The molecule has 0 aromatic heterocycles.